The van der Waals surface area contributed by atoms with Gasteiger partial charge >= 0.3 is 5.97 Å². The van der Waals surface area contributed by atoms with Crippen molar-refractivity contribution in [2.75, 3.05) is 26.1 Å². The van der Waals surface area contributed by atoms with E-state index in [0.717, 1.165) is 11.4 Å². The molecule has 0 aliphatic carbocycles. The Labute approximate surface area is 118 Å². The van der Waals surface area contributed by atoms with Gasteiger partial charge < -0.3 is 20.1 Å². The van der Waals surface area contributed by atoms with Crippen molar-refractivity contribution in [3.05, 3.63) is 24.3 Å². The van der Waals surface area contributed by atoms with Crippen molar-refractivity contribution in [1.29, 1.82) is 0 Å². The van der Waals surface area contributed by atoms with Crippen LogP contribution in [0.1, 0.15) is 12.8 Å². The van der Waals surface area contributed by atoms with Crippen molar-refractivity contribution in [2.24, 2.45) is 0 Å². The first kappa shape index (κ1) is 15.2. The molecule has 0 saturated heterocycles. The number of ether oxygens (including phenoxy) is 2. The van der Waals surface area contributed by atoms with E-state index in [2.05, 4.69) is 15.4 Å². The lowest BCUT2D eigenvalue weighted by molar-refractivity contribution is -0.140. The molecule has 0 unspecified atom stereocenters. The molecule has 0 atom stereocenters. The van der Waals surface area contributed by atoms with Gasteiger partial charge in [-0.3, -0.25) is 4.79 Å². The Balaban J connectivity index is 2.28. The summed E-state index contributed by atoms with van der Waals surface area (Å²) >= 11 is 5.14. The minimum atomic E-state index is -0.214. The van der Waals surface area contributed by atoms with Crippen LogP contribution in [0.25, 0.3) is 0 Å². The summed E-state index contributed by atoms with van der Waals surface area (Å²) < 4.78 is 9.67. The smallest absolute Gasteiger partial charge is 0.305 e. The summed E-state index contributed by atoms with van der Waals surface area (Å²) in [5.41, 5.74) is 0.852. The predicted molar refractivity (Wildman–Crippen MR) is 78.5 cm³/mol. The van der Waals surface area contributed by atoms with E-state index in [1.54, 1.807) is 7.11 Å². The summed E-state index contributed by atoms with van der Waals surface area (Å²) in [6.45, 7) is 0.616. The lowest BCUT2D eigenvalue weighted by Gasteiger charge is -2.11. The van der Waals surface area contributed by atoms with E-state index in [9.17, 15) is 4.79 Å². The zero-order valence-electron chi connectivity index (χ0n) is 11.1. The van der Waals surface area contributed by atoms with Crippen LogP contribution >= 0.6 is 12.2 Å². The molecule has 5 nitrogen and oxygen atoms in total. The quantitative estimate of drug-likeness (QED) is 0.472. The third-order valence-electron chi connectivity index (χ3n) is 2.40. The van der Waals surface area contributed by atoms with Crippen molar-refractivity contribution in [3.8, 4) is 5.75 Å². The summed E-state index contributed by atoms with van der Waals surface area (Å²) in [4.78, 5) is 10.9. The van der Waals surface area contributed by atoms with Crippen LogP contribution in [-0.4, -0.2) is 31.8 Å². The van der Waals surface area contributed by atoms with Crippen LogP contribution in [0.3, 0.4) is 0 Å². The van der Waals surface area contributed by atoms with Gasteiger partial charge in [-0.25, -0.2) is 0 Å². The first-order valence-corrected chi connectivity index (χ1v) is 6.32. The summed E-state index contributed by atoms with van der Waals surface area (Å²) in [6, 6.07) is 7.48. The molecule has 0 heterocycles. The average Bonchev–Trinajstić information content (AvgIpc) is 2.43. The zero-order valence-corrected chi connectivity index (χ0v) is 11.9. The Kier molecular flexibility index (Phi) is 6.67. The van der Waals surface area contributed by atoms with Crippen LogP contribution in [0.2, 0.25) is 0 Å². The van der Waals surface area contributed by atoms with E-state index in [1.165, 1.54) is 7.11 Å². The van der Waals surface area contributed by atoms with E-state index < -0.39 is 0 Å². The van der Waals surface area contributed by atoms with Gasteiger partial charge in [-0.1, -0.05) is 6.07 Å². The Hall–Kier alpha value is -1.82. The molecule has 1 aromatic rings. The lowest BCUT2D eigenvalue weighted by Crippen LogP contribution is -2.29. The van der Waals surface area contributed by atoms with Gasteiger partial charge in [0.05, 0.1) is 14.2 Å². The molecule has 0 aliphatic heterocycles. The molecule has 19 heavy (non-hydrogen) atoms. The van der Waals surface area contributed by atoms with E-state index in [-0.39, 0.29) is 5.97 Å². The van der Waals surface area contributed by atoms with Gasteiger partial charge in [0.2, 0.25) is 0 Å². The second kappa shape index (κ2) is 8.31. The maximum atomic E-state index is 10.9. The summed E-state index contributed by atoms with van der Waals surface area (Å²) in [5.74, 6) is 0.548. The molecular formula is C13H18N2O3S. The first-order chi connectivity index (χ1) is 9.15. The summed E-state index contributed by atoms with van der Waals surface area (Å²) in [6.07, 6.45) is 1.05. The third kappa shape index (κ3) is 6.05. The van der Waals surface area contributed by atoms with Crippen molar-refractivity contribution < 1.29 is 14.3 Å². The molecule has 104 valence electrons. The SMILES string of the molecule is COC(=O)CCCNC(=S)Nc1cccc(OC)c1. The molecule has 0 aromatic heterocycles. The molecule has 0 amide bonds. The Bertz CT molecular complexity index is 438. The van der Waals surface area contributed by atoms with Crippen molar-refractivity contribution in [2.45, 2.75) is 12.8 Å². The summed E-state index contributed by atoms with van der Waals surface area (Å²) in [5, 5.41) is 6.57. The number of carbonyl (C=O) groups is 1. The van der Waals surface area contributed by atoms with Crippen LogP contribution in [-0.2, 0) is 9.53 Å². The van der Waals surface area contributed by atoms with Crippen LogP contribution < -0.4 is 15.4 Å². The number of hydrogen-bond donors (Lipinski definition) is 2. The molecule has 0 bridgehead atoms. The highest BCUT2D eigenvalue weighted by atomic mass is 32.1. The fourth-order valence-electron chi connectivity index (χ4n) is 1.41. The topological polar surface area (TPSA) is 59.6 Å². The van der Waals surface area contributed by atoms with E-state index >= 15 is 0 Å². The second-order valence-electron chi connectivity index (χ2n) is 3.79. The summed E-state index contributed by atoms with van der Waals surface area (Å²) in [7, 11) is 2.99. The van der Waals surface area contributed by atoms with Gasteiger partial charge in [0.15, 0.2) is 5.11 Å². The molecule has 0 spiro atoms. The van der Waals surface area contributed by atoms with Crippen LogP contribution in [0, 0.1) is 0 Å². The second-order valence-corrected chi connectivity index (χ2v) is 4.20. The number of nitrogens with one attached hydrogen (secondary N) is 2. The highest BCUT2D eigenvalue weighted by Gasteiger charge is 2.01. The molecule has 6 heteroatoms. The van der Waals surface area contributed by atoms with Crippen molar-refractivity contribution >= 4 is 29.0 Å². The molecule has 1 rings (SSSR count). The molecular weight excluding hydrogens is 264 g/mol. The van der Waals surface area contributed by atoms with Gasteiger partial charge in [-0.05, 0) is 30.8 Å². The average molecular weight is 282 g/mol. The highest BCUT2D eigenvalue weighted by molar-refractivity contribution is 7.80. The predicted octanol–water partition coefficient (Wildman–Crippen LogP) is 1.93. The molecule has 0 fully saturated rings. The number of hydrogen-bond acceptors (Lipinski definition) is 4. The van der Waals surface area contributed by atoms with Crippen molar-refractivity contribution in [3.63, 3.8) is 0 Å². The van der Waals surface area contributed by atoms with Gasteiger partial charge in [-0.15, -0.1) is 0 Å². The first-order valence-electron chi connectivity index (χ1n) is 5.91. The Morgan fingerprint density at radius 2 is 2.16 bits per heavy atom. The largest absolute Gasteiger partial charge is 0.497 e. The molecule has 2 N–H and O–H groups in total. The van der Waals surface area contributed by atoms with Gasteiger partial charge in [-0.2, -0.15) is 0 Å². The number of methoxy groups -OCH3 is 2. The lowest BCUT2D eigenvalue weighted by atomic mass is 10.3. The molecule has 0 saturated carbocycles. The number of rotatable bonds is 6. The van der Waals surface area contributed by atoms with E-state index in [4.69, 9.17) is 17.0 Å². The van der Waals surface area contributed by atoms with E-state index in [0.29, 0.717) is 24.5 Å². The fraction of sp³-hybridized carbons (Fsp3) is 0.385. The number of carbonyl (C=O) groups excluding carboxylic acids is 1. The van der Waals surface area contributed by atoms with Gasteiger partial charge in [0.1, 0.15) is 5.75 Å². The van der Waals surface area contributed by atoms with Crippen LogP contribution in [0.4, 0.5) is 5.69 Å². The molecule has 1 aromatic carbocycles. The molecule has 0 aliphatic rings. The Morgan fingerprint density at radius 3 is 2.84 bits per heavy atom. The minimum absolute atomic E-state index is 0.214. The third-order valence-corrected chi connectivity index (χ3v) is 2.64. The number of benzene rings is 1. The van der Waals surface area contributed by atoms with Gasteiger partial charge in [0.25, 0.3) is 0 Å². The van der Waals surface area contributed by atoms with Crippen LogP contribution in [0.5, 0.6) is 5.75 Å². The minimum Gasteiger partial charge on any atom is -0.497 e. The van der Waals surface area contributed by atoms with Gasteiger partial charge in [0, 0.05) is 24.7 Å². The standard InChI is InChI=1S/C13H18N2O3S/c1-17-11-6-3-5-10(9-11)15-13(19)14-8-4-7-12(16)18-2/h3,5-6,9H,4,7-8H2,1-2H3,(H2,14,15,19). The van der Waals surface area contributed by atoms with E-state index in [1.807, 2.05) is 24.3 Å². The highest BCUT2D eigenvalue weighted by Crippen LogP contribution is 2.16. The maximum absolute atomic E-state index is 10.9. The number of anilines is 1. The van der Waals surface area contributed by atoms with Crippen molar-refractivity contribution in [1.82, 2.24) is 5.32 Å². The Morgan fingerprint density at radius 1 is 1.37 bits per heavy atom. The normalized spacial score (nSPS) is 9.58. The molecule has 0 radical (unpaired) electrons. The monoisotopic (exact) mass is 282 g/mol. The number of thiocarbonyl (C=S) groups is 1. The fourth-order valence-corrected chi connectivity index (χ4v) is 1.63. The van der Waals surface area contributed by atoms with Crippen LogP contribution in [0.15, 0.2) is 24.3 Å². The zero-order chi connectivity index (χ0) is 14.1. The maximum Gasteiger partial charge on any atom is 0.305 e. The number of esters is 1.